The van der Waals surface area contributed by atoms with Crippen molar-refractivity contribution in [3.63, 3.8) is 0 Å². The summed E-state index contributed by atoms with van der Waals surface area (Å²) in [5, 5.41) is 7.61. The average molecular weight is 589 g/mol. The molecule has 2 aromatic heterocycles. The van der Waals surface area contributed by atoms with Crippen molar-refractivity contribution < 1.29 is 13.5 Å². The number of hydrogen-bond donors (Lipinski definition) is 2. The number of anilines is 1. The first-order valence-corrected chi connectivity index (χ1v) is 12.7. The lowest BCUT2D eigenvalue weighted by Gasteiger charge is -2.24. The Balaban J connectivity index is 1.51. The van der Waals surface area contributed by atoms with Gasteiger partial charge in [0.1, 0.15) is 11.4 Å². The number of halogens is 3. The van der Waals surface area contributed by atoms with E-state index in [1.165, 1.54) is 6.07 Å². The van der Waals surface area contributed by atoms with Crippen LogP contribution in [-0.2, 0) is 13.1 Å². The monoisotopic (exact) mass is 589 g/mol. The van der Waals surface area contributed by atoms with E-state index in [4.69, 9.17) is 9.72 Å². The van der Waals surface area contributed by atoms with Crippen molar-refractivity contribution >= 4 is 39.6 Å². The normalized spacial score (nSPS) is 15.9. The molecule has 1 atom stereocenters. The van der Waals surface area contributed by atoms with E-state index < -0.39 is 11.6 Å². The third kappa shape index (κ3) is 5.25. The Kier molecular flexibility index (Phi) is 7.14. The second-order valence-electron chi connectivity index (χ2n) is 8.77. The number of aromatic nitrogens is 3. The van der Waals surface area contributed by atoms with Gasteiger partial charge in [0, 0.05) is 33.8 Å². The first-order chi connectivity index (χ1) is 17.0. The fourth-order valence-electron chi connectivity index (χ4n) is 4.53. The molecule has 1 aliphatic rings. The standard InChI is InChI=1S/C26H26F2IN5O/c1-35-19-5-6-20(23(29)11-19)24-10-18-14-32-26(31-13-16-4-7-21(27)22(28)9-16)33-25(18)34(24)15-17-3-2-8-30-12-17/h4-7,9-11,14,17,30H,2-3,8,12-13,15H2,1H3,(H,31,32,33)/t17-/m1/s1. The Hall–Kier alpha value is -2.79. The SMILES string of the molecule is COc1ccc(-c2cc3cnc(NCc4ccc(F)c(F)c4)nc3n2C[C@@H]2CCCNC2)c(I)c1. The summed E-state index contributed by atoms with van der Waals surface area (Å²) >= 11 is 2.35. The van der Waals surface area contributed by atoms with Crippen LogP contribution in [0.25, 0.3) is 22.3 Å². The minimum atomic E-state index is -0.866. The Morgan fingerprint density at radius 2 is 2.06 bits per heavy atom. The zero-order valence-electron chi connectivity index (χ0n) is 19.3. The lowest BCUT2D eigenvalue weighted by atomic mass is 9.99. The topological polar surface area (TPSA) is 64.0 Å². The number of rotatable bonds is 7. The summed E-state index contributed by atoms with van der Waals surface area (Å²) in [4.78, 5) is 9.30. The Bertz CT molecular complexity index is 1350. The minimum Gasteiger partial charge on any atom is -0.497 e. The first-order valence-electron chi connectivity index (χ1n) is 11.6. The lowest BCUT2D eigenvalue weighted by molar-refractivity contribution is 0.341. The zero-order chi connectivity index (χ0) is 24.4. The minimum absolute atomic E-state index is 0.291. The number of methoxy groups -OCH3 is 1. The molecule has 3 heterocycles. The number of nitrogens with zero attached hydrogens (tertiary/aromatic N) is 3. The van der Waals surface area contributed by atoms with Crippen LogP contribution >= 0.6 is 22.6 Å². The summed E-state index contributed by atoms with van der Waals surface area (Å²) < 4.78 is 35.6. The van der Waals surface area contributed by atoms with Crippen LogP contribution < -0.4 is 15.4 Å². The van der Waals surface area contributed by atoms with E-state index in [1.807, 2.05) is 18.3 Å². The molecular formula is C26H26F2IN5O. The second-order valence-corrected chi connectivity index (χ2v) is 9.94. The highest BCUT2D eigenvalue weighted by molar-refractivity contribution is 14.1. The van der Waals surface area contributed by atoms with E-state index in [0.29, 0.717) is 24.0 Å². The first kappa shape index (κ1) is 23.9. The van der Waals surface area contributed by atoms with Crippen molar-refractivity contribution in [2.45, 2.75) is 25.9 Å². The summed E-state index contributed by atoms with van der Waals surface area (Å²) in [5.74, 6) is 0.0409. The van der Waals surface area contributed by atoms with Crippen molar-refractivity contribution in [1.29, 1.82) is 0 Å². The molecule has 0 spiro atoms. The van der Waals surface area contributed by atoms with Crippen LogP contribution in [0.15, 0.2) is 48.7 Å². The van der Waals surface area contributed by atoms with E-state index in [9.17, 15) is 8.78 Å². The third-order valence-corrected chi connectivity index (χ3v) is 7.25. The van der Waals surface area contributed by atoms with Crippen LogP contribution in [0, 0.1) is 21.1 Å². The molecule has 182 valence electrons. The maximum atomic E-state index is 13.6. The van der Waals surface area contributed by atoms with E-state index in [-0.39, 0.29) is 0 Å². The van der Waals surface area contributed by atoms with Gasteiger partial charge in [-0.05, 0) is 96.4 Å². The molecule has 0 radical (unpaired) electrons. The Morgan fingerprint density at radius 1 is 1.17 bits per heavy atom. The van der Waals surface area contributed by atoms with Gasteiger partial charge in [0.15, 0.2) is 11.6 Å². The molecule has 9 heteroatoms. The van der Waals surface area contributed by atoms with Gasteiger partial charge in [-0.2, -0.15) is 4.98 Å². The molecule has 1 saturated heterocycles. The molecule has 0 saturated carbocycles. The molecule has 0 unspecified atom stereocenters. The smallest absolute Gasteiger partial charge is 0.224 e. The molecule has 0 amide bonds. The van der Waals surface area contributed by atoms with Gasteiger partial charge >= 0.3 is 0 Å². The number of nitrogens with one attached hydrogen (secondary N) is 2. The van der Waals surface area contributed by atoms with Gasteiger partial charge in [-0.3, -0.25) is 0 Å². The maximum Gasteiger partial charge on any atom is 0.224 e. The van der Waals surface area contributed by atoms with Crippen LogP contribution in [0.1, 0.15) is 18.4 Å². The van der Waals surface area contributed by atoms with Crippen LogP contribution in [0.5, 0.6) is 5.75 Å². The number of benzene rings is 2. The quantitative estimate of drug-likeness (QED) is 0.275. The summed E-state index contributed by atoms with van der Waals surface area (Å²) in [5.41, 5.74) is 3.67. The summed E-state index contributed by atoms with van der Waals surface area (Å²) in [6, 6.07) is 12.1. The summed E-state index contributed by atoms with van der Waals surface area (Å²) in [7, 11) is 1.67. The van der Waals surface area contributed by atoms with E-state index in [1.54, 1.807) is 13.2 Å². The highest BCUT2D eigenvalue weighted by Gasteiger charge is 2.20. The van der Waals surface area contributed by atoms with E-state index >= 15 is 0 Å². The van der Waals surface area contributed by atoms with Crippen molar-refractivity contribution in [3.8, 4) is 17.0 Å². The third-order valence-electron chi connectivity index (χ3n) is 6.36. The van der Waals surface area contributed by atoms with Crippen LogP contribution in [0.2, 0.25) is 0 Å². The van der Waals surface area contributed by atoms with Gasteiger partial charge in [-0.25, -0.2) is 13.8 Å². The molecule has 2 N–H and O–H groups in total. The van der Waals surface area contributed by atoms with Crippen LogP contribution in [-0.4, -0.2) is 34.7 Å². The summed E-state index contributed by atoms with van der Waals surface area (Å²) in [6.45, 7) is 3.17. The van der Waals surface area contributed by atoms with Crippen molar-refractivity contribution in [2.75, 3.05) is 25.5 Å². The van der Waals surface area contributed by atoms with Gasteiger partial charge in [0.05, 0.1) is 12.8 Å². The van der Waals surface area contributed by atoms with Crippen LogP contribution in [0.3, 0.4) is 0 Å². The number of ether oxygens (including phenoxy) is 1. The molecule has 2 aromatic carbocycles. The van der Waals surface area contributed by atoms with E-state index in [2.05, 4.69) is 54.9 Å². The van der Waals surface area contributed by atoms with E-state index in [0.717, 1.165) is 70.2 Å². The zero-order valence-corrected chi connectivity index (χ0v) is 21.5. The molecule has 4 aromatic rings. The van der Waals surface area contributed by atoms with Crippen molar-refractivity contribution in [3.05, 3.63) is 69.4 Å². The molecular weight excluding hydrogens is 563 g/mol. The Labute approximate surface area is 216 Å². The lowest BCUT2D eigenvalue weighted by Crippen LogP contribution is -2.32. The number of fused-ring (bicyclic) bond motifs is 1. The molecule has 35 heavy (non-hydrogen) atoms. The van der Waals surface area contributed by atoms with Gasteiger partial charge in [-0.15, -0.1) is 0 Å². The largest absolute Gasteiger partial charge is 0.497 e. The van der Waals surface area contributed by atoms with Gasteiger partial charge in [-0.1, -0.05) is 6.07 Å². The van der Waals surface area contributed by atoms with Gasteiger partial charge < -0.3 is 19.9 Å². The second kappa shape index (κ2) is 10.4. The van der Waals surface area contributed by atoms with Crippen molar-refractivity contribution in [2.24, 2.45) is 5.92 Å². The predicted molar refractivity (Wildman–Crippen MR) is 142 cm³/mol. The average Bonchev–Trinajstić information content (AvgIpc) is 3.22. The van der Waals surface area contributed by atoms with Gasteiger partial charge in [0.2, 0.25) is 5.95 Å². The molecule has 1 fully saturated rings. The fraction of sp³-hybridized carbons (Fsp3) is 0.308. The predicted octanol–water partition coefficient (Wildman–Crippen LogP) is 5.60. The van der Waals surface area contributed by atoms with Crippen LogP contribution in [0.4, 0.5) is 14.7 Å². The molecule has 1 aliphatic heterocycles. The van der Waals surface area contributed by atoms with Crippen molar-refractivity contribution in [1.82, 2.24) is 19.9 Å². The molecule has 0 aliphatic carbocycles. The molecule has 6 nitrogen and oxygen atoms in total. The summed E-state index contributed by atoms with van der Waals surface area (Å²) in [6.07, 6.45) is 4.14. The van der Waals surface area contributed by atoms with Gasteiger partial charge in [0.25, 0.3) is 0 Å². The molecule has 5 rings (SSSR count). The number of hydrogen-bond acceptors (Lipinski definition) is 5. The maximum absolute atomic E-state index is 13.6. The molecule has 0 bridgehead atoms. The number of piperidine rings is 1. The Morgan fingerprint density at radius 3 is 2.80 bits per heavy atom. The highest BCUT2D eigenvalue weighted by atomic mass is 127. The fourth-order valence-corrected chi connectivity index (χ4v) is 5.29. The highest BCUT2D eigenvalue weighted by Crippen LogP contribution is 2.34.